The summed E-state index contributed by atoms with van der Waals surface area (Å²) in [5, 5.41) is 9.32. The van der Waals surface area contributed by atoms with Crippen molar-refractivity contribution < 1.29 is 22.5 Å². The number of halogens is 3. The van der Waals surface area contributed by atoms with Crippen molar-refractivity contribution in [1.82, 2.24) is 15.4 Å². The van der Waals surface area contributed by atoms with Crippen LogP contribution in [-0.4, -0.2) is 28.1 Å². The maximum absolute atomic E-state index is 13.5. The Morgan fingerprint density at radius 2 is 2.00 bits per heavy atom. The number of anilines is 1. The Morgan fingerprint density at radius 1 is 1.32 bits per heavy atom. The highest BCUT2D eigenvalue weighted by molar-refractivity contribution is 7.80. The highest BCUT2D eigenvalue weighted by Gasteiger charge is 2.39. The number of carbonyl (C=O) groups is 1. The summed E-state index contributed by atoms with van der Waals surface area (Å²) in [7, 11) is 1.63. The topological polar surface area (TPSA) is 70.4 Å². The molecule has 28 heavy (non-hydrogen) atoms. The summed E-state index contributed by atoms with van der Waals surface area (Å²) < 4.78 is 45.5. The molecule has 3 rings (SSSR count). The zero-order valence-electron chi connectivity index (χ0n) is 15.2. The van der Waals surface area contributed by atoms with Gasteiger partial charge in [0.05, 0.1) is 17.2 Å². The molecule has 0 spiro atoms. The number of hydrogen-bond acceptors (Lipinski definition) is 4. The van der Waals surface area contributed by atoms with Gasteiger partial charge in [0.15, 0.2) is 10.9 Å². The Hall–Kier alpha value is -2.88. The number of allylic oxidation sites excluding steroid dienone is 1. The quantitative estimate of drug-likeness (QED) is 0.751. The second-order valence-electron chi connectivity index (χ2n) is 6.30. The van der Waals surface area contributed by atoms with E-state index in [0.29, 0.717) is 11.5 Å². The largest absolute Gasteiger partial charge is 0.416 e. The van der Waals surface area contributed by atoms with E-state index in [9.17, 15) is 18.0 Å². The molecule has 1 atom stereocenters. The molecule has 0 fully saturated rings. The third kappa shape index (κ3) is 3.72. The van der Waals surface area contributed by atoms with Crippen LogP contribution < -0.4 is 10.6 Å². The Bertz CT molecular complexity index is 968. The Balaban J connectivity index is 2.09. The number of nitrogens with one attached hydrogen (secondary N) is 2. The molecule has 0 radical (unpaired) electrons. The van der Waals surface area contributed by atoms with Gasteiger partial charge in [-0.3, -0.25) is 4.79 Å². The molecule has 1 aromatic carbocycles. The van der Waals surface area contributed by atoms with E-state index < -0.39 is 23.7 Å². The average molecular weight is 410 g/mol. The number of rotatable bonds is 3. The Kier molecular flexibility index (Phi) is 5.16. The van der Waals surface area contributed by atoms with Gasteiger partial charge in [0, 0.05) is 18.8 Å². The zero-order chi connectivity index (χ0) is 20.6. The second kappa shape index (κ2) is 7.27. The first-order chi connectivity index (χ1) is 13.1. The smallest absolute Gasteiger partial charge is 0.360 e. The molecule has 2 heterocycles. The van der Waals surface area contributed by atoms with Gasteiger partial charge in [-0.05, 0) is 37.7 Å². The van der Waals surface area contributed by atoms with Crippen molar-refractivity contribution >= 4 is 29.1 Å². The summed E-state index contributed by atoms with van der Waals surface area (Å²) in [6.45, 7) is 3.28. The highest BCUT2D eigenvalue weighted by atomic mass is 32.1. The van der Waals surface area contributed by atoms with E-state index in [0.717, 1.165) is 6.07 Å². The van der Waals surface area contributed by atoms with Crippen LogP contribution in [0.1, 0.15) is 29.9 Å². The van der Waals surface area contributed by atoms with Crippen molar-refractivity contribution in [2.24, 2.45) is 0 Å². The second-order valence-corrected chi connectivity index (χ2v) is 6.69. The number of aryl methyl sites for hydroxylation is 1. The molecule has 0 aliphatic carbocycles. The van der Waals surface area contributed by atoms with E-state index in [4.69, 9.17) is 16.7 Å². The first-order valence-electron chi connectivity index (χ1n) is 8.25. The number of benzene rings is 1. The lowest BCUT2D eigenvalue weighted by Gasteiger charge is -2.36. The van der Waals surface area contributed by atoms with Gasteiger partial charge < -0.3 is 20.1 Å². The van der Waals surface area contributed by atoms with Gasteiger partial charge >= 0.3 is 6.18 Å². The number of hydrogen-bond donors (Lipinski definition) is 2. The summed E-state index contributed by atoms with van der Waals surface area (Å²) in [5.41, 5.74) is -0.390. The van der Waals surface area contributed by atoms with E-state index in [1.165, 1.54) is 29.2 Å². The standard InChI is InChI=1S/C18H17F3N4O2S/c1-9-8-13(24-27-9)22-16(26)14-10(2)25(3)17(28)23-15(14)11-6-4-5-7-12(11)18(19,20)21/h4-8,15H,1-3H3,(H,23,28)(H,22,24,26)/t15-/m1/s1. The number of aromatic nitrogens is 1. The third-order valence-corrected chi connectivity index (χ3v) is 4.84. The number of thiocarbonyl (C=S) groups is 1. The van der Waals surface area contributed by atoms with Crippen LogP contribution in [0.4, 0.5) is 19.0 Å². The summed E-state index contributed by atoms with van der Waals surface area (Å²) >= 11 is 5.23. The molecule has 6 nitrogen and oxygen atoms in total. The van der Waals surface area contributed by atoms with Gasteiger partial charge in [0.25, 0.3) is 5.91 Å². The molecular weight excluding hydrogens is 393 g/mol. The molecule has 2 N–H and O–H groups in total. The van der Waals surface area contributed by atoms with Crippen LogP contribution in [0.5, 0.6) is 0 Å². The van der Waals surface area contributed by atoms with Gasteiger partial charge in [-0.2, -0.15) is 13.2 Å². The van der Waals surface area contributed by atoms with Gasteiger partial charge in [-0.1, -0.05) is 23.4 Å². The van der Waals surface area contributed by atoms with E-state index in [1.807, 2.05) is 0 Å². The number of amides is 1. The van der Waals surface area contributed by atoms with E-state index in [-0.39, 0.29) is 22.1 Å². The number of carbonyl (C=O) groups excluding carboxylic acids is 1. The molecule has 1 aliphatic rings. The minimum absolute atomic E-state index is 0.0914. The minimum Gasteiger partial charge on any atom is -0.360 e. The number of alkyl halides is 3. The molecule has 10 heteroatoms. The normalized spacial score (nSPS) is 17.6. The minimum atomic E-state index is -4.58. The van der Waals surface area contributed by atoms with Crippen LogP contribution in [-0.2, 0) is 11.0 Å². The lowest BCUT2D eigenvalue weighted by atomic mass is 9.91. The van der Waals surface area contributed by atoms with Crippen LogP contribution in [0.15, 0.2) is 46.1 Å². The van der Waals surface area contributed by atoms with Crippen molar-refractivity contribution in [3.63, 3.8) is 0 Å². The molecule has 0 saturated heterocycles. The first kappa shape index (κ1) is 19.9. The summed E-state index contributed by atoms with van der Waals surface area (Å²) in [4.78, 5) is 14.5. The Morgan fingerprint density at radius 3 is 2.61 bits per heavy atom. The van der Waals surface area contributed by atoms with Gasteiger partial charge in [-0.15, -0.1) is 0 Å². The van der Waals surface area contributed by atoms with Gasteiger partial charge in [0.2, 0.25) is 0 Å². The molecule has 0 unspecified atom stereocenters. The number of nitrogens with zero attached hydrogens (tertiary/aromatic N) is 2. The molecule has 1 amide bonds. The molecule has 148 valence electrons. The lowest BCUT2D eigenvalue weighted by Crippen LogP contribution is -2.47. The fourth-order valence-electron chi connectivity index (χ4n) is 2.98. The van der Waals surface area contributed by atoms with Crippen molar-refractivity contribution in [2.45, 2.75) is 26.1 Å². The molecular formula is C18H17F3N4O2S. The van der Waals surface area contributed by atoms with Crippen LogP contribution in [0.25, 0.3) is 0 Å². The van der Waals surface area contributed by atoms with Crippen molar-refractivity contribution in [1.29, 1.82) is 0 Å². The monoisotopic (exact) mass is 410 g/mol. The predicted octanol–water partition coefficient (Wildman–Crippen LogP) is 3.78. The fourth-order valence-corrected chi connectivity index (χ4v) is 3.23. The first-order valence-corrected chi connectivity index (χ1v) is 8.66. The van der Waals surface area contributed by atoms with Gasteiger partial charge in [-0.25, -0.2) is 0 Å². The van der Waals surface area contributed by atoms with E-state index in [1.54, 1.807) is 20.9 Å². The van der Waals surface area contributed by atoms with Crippen LogP contribution in [0, 0.1) is 6.92 Å². The average Bonchev–Trinajstić information content (AvgIpc) is 3.03. The maximum Gasteiger partial charge on any atom is 0.416 e. The van der Waals surface area contributed by atoms with E-state index in [2.05, 4.69) is 15.8 Å². The molecule has 2 aromatic rings. The highest BCUT2D eigenvalue weighted by Crippen LogP contribution is 2.39. The maximum atomic E-state index is 13.5. The van der Waals surface area contributed by atoms with Crippen LogP contribution >= 0.6 is 12.2 Å². The summed E-state index contributed by atoms with van der Waals surface area (Å²) in [6.07, 6.45) is -4.58. The van der Waals surface area contributed by atoms with Crippen molar-refractivity contribution in [2.75, 3.05) is 12.4 Å². The van der Waals surface area contributed by atoms with Crippen molar-refractivity contribution in [3.05, 3.63) is 58.5 Å². The van der Waals surface area contributed by atoms with E-state index >= 15 is 0 Å². The lowest BCUT2D eigenvalue weighted by molar-refractivity contribution is -0.138. The molecule has 0 bridgehead atoms. The van der Waals surface area contributed by atoms with Crippen LogP contribution in [0.2, 0.25) is 0 Å². The van der Waals surface area contributed by atoms with Crippen molar-refractivity contribution in [3.8, 4) is 0 Å². The predicted molar refractivity (Wildman–Crippen MR) is 100 cm³/mol. The third-order valence-electron chi connectivity index (χ3n) is 4.45. The van der Waals surface area contributed by atoms with Crippen LogP contribution in [0.3, 0.4) is 0 Å². The SMILES string of the molecule is CC1=C(C(=O)Nc2cc(C)on2)[C@@H](c2ccccc2C(F)(F)F)NC(=S)N1C. The fraction of sp³-hybridized carbons (Fsp3) is 0.278. The summed E-state index contributed by atoms with van der Waals surface area (Å²) in [6, 6.07) is 5.53. The molecule has 0 saturated carbocycles. The Labute approximate surface area is 164 Å². The summed E-state index contributed by atoms with van der Waals surface area (Å²) in [5.74, 6) is 0.0520. The van der Waals surface area contributed by atoms with Gasteiger partial charge in [0.1, 0.15) is 5.76 Å². The zero-order valence-corrected chi connectivity index (χ0v) is 16.0. The molecule has 1 aromatic heterocycles. The molecule has 1 aliphatic heterocycles.